The molecule has 0 radical (unpaired) electrons. The summed E-state index contributed by atoms with van der Waals surface area (Å²) in [6.07, 6.45) is -3.49. The summed E-state index contributed by atoms with van der Waals surface area (Å²) in [5, 5.41) is 40.5. The highest BCUT2D eigenvalue weighted by molar-refractivity contribution is 7.79. The van der Waals surface area contributed by atoms with Gasteiger partial charge in [0.15, 0.2) is 0 Å². The largest absolute Gasteiger partial charge is 0.772 e. The predicted molar refractivity (Wildman–Crippen MR) is 156 cm³/mol. The van der Waals surface area contributed by atoms with Gasteiger partial charge in [-0.2, -0.15) is 0 Å². The van der Waals surface area contributed by atoms with Crippen LogP contribution in [0.4, 0.5) is 0 Å². The lowest BCUT2D eigenvalue weighted by molar-refractivity contribution is -0.176. The molecule has 2 aromatic carbocycles. The van der Waals surface area contributed by atoms with Crippen molar-refractivity contribution in [1.82, 2.24) is 0 Å². The number of phenolic OH excluding ortho intramolecular Hbond substituents is 4. The number of hydrogen-bond donors (Lipinski definition) is 4. The Hall–Kier alpha value is -4.37. The summed E-state index contributed by atoms with van der Waals surface area (Å²) >= 11 is -3.09. The number of ether oxygens (including phenoxy) is 4. The molecule has 0 heterocycles. The lowest BCUT2D eigenvalue weighted by atomic mass is 9.97. The van der Waals surface area contributed by atoms with E-state index in [0.717, 1.165) is 24.3 Å². The minimum absolute atomic E-state index is 0.301. The Morgan fingerprint density at radius 2 is 1.11 bits per heavy atom. The van der Waals surface area contributed by atoms with Crippen LogP contribution in [0.2, 0.25) is 0 Å². The zero-order valence-electron chi connectivity index (χ0n) is 26.0. The first-order valence-electron chi connectivity index (χ1n) is 13.6. The molecular formula is C30H37O14S-. The highest BCUT2D eigenvalue weighted by Crippen LogP contribution is 2.39. The van der Waals surface area contributed by atoms with Crippen LogP contribution in [0.1, 0.15) is 92.5 Å². The molecule has 4 unspecified atom stereocenters. The minimum atomic E-state index is -3.09. The van der Waals surface area contributed by atoms with E-state index in [1.54, 1.807) is 41.5 Å². The maximum atomic E-state index is 12.8. The summed E-state index contributed by atoms with van der Waals surface area (Å²) in [6, 6.07) is 3.46. The molecule has 45 heavy (non-hydrogen) atoms. The molecule has 4 N–H and O–H groups in total. The molecule has 2 aromatic rings. The van der Waals surface area contributed by atoms with Crippen LogP contribution in [0.25, 0.3) is 0 Å². The van der Waals surface area contributed by atoms with Gasteiger partial charge in [-0.15, -0.1) is 0 Å². The highest BCUT2D eigenvalue weighted by Gasteiger charge is 2.31. The van der Waals surface area contributed by atoms with Crippen molar-refractivity contribution in [2.45, 2.75) is 79.6 Å². The van der Waals surface area contributed by atoms with Crippen LogP contribution in [-0.2, 0) is 46.0 Å². The number of carbonyl (C=O) groups is 4. The van der Waals surface area contributed by atoms with Gasteiger partial charge in [0.1, 0.15) is 34.1 Å². The molecule has 0 saturated carbocycles. The number of hydrogen-bond acceptors (Lipinski definition) is 14. The molecule has 0 amide bonds. The van der Waals surface area contributed by atoms with Gasteiger partial charge in [0.2, 0.25) is 12.6 Å². The van der Waals surface area contributed by atoms with Crippen molar-refractivity contribution < 1.29 is 67.3 Å². The Morgan fingerprint density at radius 3 is 1.51 bits per heavy atom. The highest BCUT2D eigenvalue weighted by atomic mass is 32.2. The van der Waals surface area contributed by atoms with Crippen molar-refractivity contribution in [1.29, 1.82) is 0 Å². The minimum Gasteiger partial charge on any atom is -0.772 e. The van der Waals surface area contributed by atoms with Crippen molar-refractivity contribution in [3.63, 3.8) is 0 Å². The fraction of sp³-hybridized carbons (Fsp3) is 0.467. The molecule has 15 heteroatoms. The van der Waals surface area contributed by atoms with Crippen LogP contribution < -0.4 is 0 Å². The fourth-order valence-electron chi connectivity index (χ4n) is 3.64. The van der Waals surface area contributed by atoms with Gasteiger partial charge in [-0.25, -0.2) is 9.59 Å². The monoisotopic (exact) mass is 653 g/mol. The van der Waals surface area contributed by atoms with E-state index in [9.17, 15) is 48.4 Å². The van der Waals surface area contributed by atoms with Crippen LogP contribution in [0.5, 0.6) is 23.0 Å². The third-order valence-electron chi connectivity index (χ3n) is 6.04. The molecule has 2 rings (SSSR count). The summed E-state index contributed by atoms with van der Waals surface area (Å²) in [5.41, 5.74) is -3.88. The molecular weight excluding hydrogens is 616 g/mol. The Kier molecular flexibility index (Phi) is 11.6. The topological polar surface area (TPSA) is 226 Å². The second-order valence-corrected chi connectivity index (χ2v) is 13.2. The van der Waals surface area contributed by atoms with Gasteiger partial charge in [-0.3, -0.25) is 13.8 Å². The summed E-state index contributed by atoms with van der Waals surface area (Å²) < 4.78 is 44.9. The first-order chi connectivity index (χ1) is 20.5. The second-order valence-electron chi connectivity index (χ2n) is 12.1. The Labute approximate surface area is 262 Å². The van der Waals surface area contributed by atoms with Crippen LogP contribution in [0, 0.1) is 10.8 Å². The van der Waals surface area contributed by atoms with Gasteiger partial charge in [-0.05, 0) is 88.9 Å². The van der Waals surface area contributed by atoms with E-state index in [-0.39, 0.29) is 5.56 Å². The van der Waals surface area contributed by atoms with Gasteiger partial charge in [0, 0.05) is 19.4 Å². The van der Waals surface area contributed by atoms with Crippen LogP contribution >= 0.6 is 0 Å². The summed E-state index contributed by atoms with van der Waals surface area (Å²) in [4.78, 5) is 49.7. The molecule has 0 saturated heterocycles. The van der Waals surface area contributed by atoms with E-state index in [1.807, 2.05) is 0 Å². The van der Waals surface area contributed by atoms with E-state index in [4.69, 9.17) is 18.9 Å². The van der Waals surface area contributed by atoms with E-state index >= 15 is 0 Å². The molecule has 248 valence electrons. The number of rotatable bonds is 10. The van der Waals surface area contributed by atoms with Gasteiger partial charge >= 0.3 is 23.9 Å². The van der Waals surface area contributed by atoms with Crippen LogP contribution in [-0.4, -0.2) is 65.6 Å². The normalized spacial score (nSPS) is 14.4. The maximum absolute atomic E-state index is 12.8. The Morgan fingerprint density at radius 1 is 0.711 bits per heavy atom. The van der Waals surface area contributed by atoms with Crippen molar-refractivity contribution in [2.24, 2.45) is 10.8 Å². The molecule has 14 nitrogen and oxygen atoms in total. The average Bonchev–Trinajstić information content (AvgIpc) is 2.88. The summed E-state index contributed by atoms with van der Waals surface area (Å²) in [5.74, 6) is -6.78. The summed E-state index contributed by atoms with van der Waals surface area (Å²) in [7, 11) is 0. The first-order valence-corrected chi connectivity index (χ1v) is 14.7. The molecule has 0 spiro atoms. The van der Waals surface area contributed by atoms with E-state index < -0.39 is 110 Å². The molecule has 0 aliphatic carbocycles. The molecule has 0 aromatic heterocycles. The van der Waals surface area contributed by atoms with Crippen LogP contribution in [0.15, 0.2) is 24.3 Å². The number of carbonyl (C=O) groups excluding carboxylic acids is 4. The SMILES string of the molecule is CC(OC(=O)c1cc(O)cc(CC(c2cc(O)cc(C(=O)OC(C)OC(=O)C(C)(C)C)c2O)S(=O)[O-])c1O)OC(=O)C(C)(C)C. The van der Waals surface area contributed by atoms with Gasteiger partial charge in [0.25, 0.3) is 0 Å². The number of benzene rings is 2. The molecule has 0 bridgehead atoms. The maximum Gasteiger partial charge on any atom is 0.345 e. The van der Waals surface area contributed by atoms with Crippen molar-refractivity contribution in [3.8, 4) is 23.0 Å². The number of esters is 4. The standard InChI is InChI=1S/C30H38O14S/c1-14(43-27(37)29(3,4)5)41-25(35)20-12-17(31)9-16(23(20)33)10-22(45(39)40)19-11-18(32)13-21(24(19)34)26(36)42-15(2)44-28(38)30(6,7)8/h9,11-15,22,31-34H,10H2,1-8H3,(H,39,40)/p-1. The van der Waals surface area contributed by atoms with E-state index in [0.29, 0.717) is 0 Å². The third kappa shape index (κ3) is 9.81. The van der Waals surface area contributed by atoms with Crippen molar-refractivity contribution >= 4 is 35.0 Å². The third-order valence-corrected chi connectivity index (χ3v) is 6.92. The molecule has 0 fully saturated rings. The smallest absolute Gasteiger partial charge is 0.345 e. The van der Waals surface area contributed by atoms with Gasteiger partial charge in [-0.1, -0.05) is 0 Å². The van der Waals surface area contributed by atoms with Crippen molar-refractivity contribution in [2.75, 3.05) is 0 Å². The average molecular weight is 654 g/mol. The Bertz CT molecular complexity index is 1480. The van der Waals surface area contributed by atoms with Gasteiger partial charge in [0.05, 0.1) is 16.1 Å². The first kappa shape index (κ1) is 36.8. The van der Waals surface area contributed by atoms with Crippen LogP contribution in [0.3, 0.4) is 0 Å². The second kappa shape index (κ2) is 14.2. The summed E-state index contributed by atoms with van der Waals surface area (Å²) in [6.45, 7) is 11.9. The lowest BCUT2D eigenvalue weighted by Crippen LogP contribution is -2.29. The molecule has 0 aliphatic rings. The van der Waals surface area contributed by atoms with E-state index in [1.165, 1.54) is 13.8 Å². The van der Waals surface area contributed by atoms with Crippen molar-refractivity contribution in [3.05, 3.63) is 46.5 Å². The fourth-order valence-corrected chi connectivity index (χ4v) is 4.35. The predicted octanol–water partition coefficient (Wildman–Crippen LogP) is 3.86. The molecule has 4 atom stereocenters. The molecule has 0 aliphatic heterocycles. The zero-order valence-corrected chi connectivity index (χ0v) is 26.8. The Balaban J connectivity index is 2.40. The quantitative estimate of drug-likeness (QED) is 0.124. The van der Waals surface area contributed by atoms with E-state index in [2.05, 4.69) is 0 Å². The van der Waals surface area contributed by atoms with Gasteiger partial charge < -0.3 is 43.9 Å². The zero-order chi connectivity index (χ0) is 34.6. The number of aromatic hydroxyl groups is 4. The lowest BCUT2D eigenvalue weighted by Gasteiger charge is -2.24. The number of phenols is 4.